The minimum Gasteiger partial charge on any atom is -0.309 e. The molecule has 0 aromatic heterocycles. The van der Waals surface area contributed by atoms with E-state index in [1.807, 2.05) is 0 Å². The van der Waals surface area contributed by atoms with E-state index < -0.39 is 0 Å². The molecule has 0 saturated carbocycles. The lowest BCUT2D eigenvalue weighted by Crippen LogP contribution is -2.18. The van der Waals surface area contributed by atoms with Crippen LogP contribution in [0.2, 0.25) is 0 Å². The number of benzene rings is 2. The van der Waals surface area contributed by atoms with Crippen LogP contribution in [0, 0.1) is 5.92 Å². The van der Waals surface area contributed by atoms with Crippen LogP contribution in [0.5, 0.6) is 0 Å². The minimum atomic E-state index is 0.532. The standard InChI is InChI=1S/C21H25N/c1-16(15-22(2)3)14-21-19-10-6-4-8-17(19)12-13-18-9-5-7-11-20(18)21/h4-11,14,16H,12-13,15H2,1-3H3. The molecule has 0 radical (unpaired) electrons. The molecule has 0 N–H and O–H groups in total. The highest BCUT2D eigenvalue weighted by Crippen LogP contribution is 2.34. The van der Waals surface area contributed by atoms with Crippen molar-refractivity contribution >= 4 is 5.57 Å². The predicted octanol–water partition coefficient (Wildman–Crippen LogP) is 4.41. The van der Waals surface area contributed by atoms with E-state index in [0.717, 1.165) is 19.4 Å². The van der Waals surface area contributed by atoms with E-state index in [9.17, 15) is 0 Å². The zero-order valence-electron chi connectivity index (χ0n) is 13.8. The molecule has 1 heteroatoms. The fourth-order valence-corrected chi connectivity index (χ4v) is 3.51. The lowest BCUT2D eigenvalue weighted by molar-refractivity contribution is 0.371. The highest BCUT2D eigenvalue weighted by molar-refractivity contribution is 5.84. The van der Waals surface area contributed by atoms with Gasteiger partial charge in [-0.05, 0) is 60.7 Å². The molecule has 0 bridgehead atoms. The van der Waals surface area contributed by atoms with Gasteiger partial charge in [0.15, 0.2) is 0 Å². The van der Waals surface area contributed by atoms with Crippen LogP contribution in [-0.4, -0.2) is 25.5 Å². The molecule has 0 heterocycles. The van der Waals surface area contributed by atoms with Crippen LogP contribution in [-0.2, 0) is 12.8 Å². The Hall–Kier alpha value is -1.86. The molecular weight excluding hydrogens is 266 g/mol. The molecule has 0 fully saturated rings. The Morgan fingerprint density at radius 2 is 1.41 bits per heavy atom. The Kier molecular flexibility index (Phi) is 4.44. The summed E-state index contributed by atoms with van der Waals surface area (Å²) in [7, 11) is 4.29. The van der Waals surface area contributed by atoms with Crippen LogP contribution in [0.25, 0.3) is 5.57 Å². The van der Waals surface area contributed by atoms with Gasteiger partial charge in [0.1, 0.15) is 0 Å². The zero-order valence-corrected chi connectivity index (χ0v) is 13.8. The maximum atomic E-state index is 2.46. The summed E-state index contributed by atoms with van der Waals surface area (Å²) in [5.41, 5.74) is 7.19. The molecule has 1 aliphatic carbocycles. The molecule has 0 aliphatic heterocycles. The number of rotatable bonds is 3. The van der Waals surface area contributed by atoms with Crippen molar-refractivity contribution in [2.45, 2.75) is 19.8 Å². The van der Waals surface area contributed by atoms with Crippen LogP contribution in [0.1, 0.15) is 29.2 Å². The van der Waals surface area contributed by atoms with Gasteiger partial charge in [0.05, 0.1) is 0 Å². The van der Waals surface area contributed by atoms with Gasteiger partial charge < -0.3 is 4.90 Å². The molecule has 0 saturated heterocycles. The number of hydrogen-bond acceptors (Lipinski definition) is 1. The first-order valence-electron chi connectivity index (χ1n) is 8.18. The summed E-state index contributed by atoms with van der Waals surface area (Å²) in [6.07, 6.45) is 4.72. The molecule has 1 atom stereocenters. The molecule has 1 nitrogen and oxygen atoms in total. The summed E-state index contributed by atoms with van der Waals surface area (Å²) in [5.74, 6) is 0.532. The van der Waals surface area contributed by atoms with Crippen molar-refractivity contribution < 1.29 is 0 Å². The van der Waals surface area contributed by atoms with Crippen molar-refractivity contribution in [1.29, 1.82) is 0 Å². The van der Waals surface area contributed by atoms with Crippen molar-refractivity contribution in [3.05, 3.63) is 76.9 Å². The van der Waals surface area contributed by atoms with E-state index in [1.165, 1.54) is 27.8 Å². The van der Waals surface area contributed by atoms with Gasteiger partial charge in [0, 0.05) is 6.54 Å². The van der Waals surface area contributed by atoms with Crippen molar-refractivity contribution in [2.75, 3.05) is 20.6 Å². The molecule has 0 amide bonds. The monoisotopic (exact) mass is 291 g/mol. The smallest absolute Gasteiger partial charge is 0.00359 e. The largest absolute Gasteiger partial charge is 0.309 e. The number of nitrogens with zero attached hydrogens (tertiary/aromatic N) is 1. The first kappa shape index (κ1) is 15.1. The fourth-order valence-electron chi connectivity index (χ4n) is 3.51. The molecule has 1 unspecified atom stereocenters. The lowest BCUT2D eigenvalue weighted by atomic mass is 9.91. The summed E-state index contributed by atoms with van der Waals surface area (Å²) >= 11 is 0. The third kappa shape index (κ3) is 3.15. The number of hydrogen-bond donors (Lipinski definition) is 0. The topological polar surface area (TPSA) is 3.24 Å². The van der Waals surface area contributed by atoms with Crippen LogP contribution < -0.4 is 0 Å². The highest BCUT2D eigenvalue weighted by Gasteiger charge is 2.18. The molecule has 1 aliphatic rings. The first-order valence-corrected chi connectivity index (χ1v) is 8.18. The maximum absolute atomic E-state index is 2.46. The van der Waals surface area contributed by atoms with Gasteiger partial charge >= 0.3 is 0 Å². The maximum Gasteiger partial charge on any atom is 0.00359 e. The first-order chi connectivity index (χ1) is 10.6. The molecule has 22 heavy (non-hydrogen) atoms. The average Bonchev–Trinajstić information content (AvgIpc) is 2.65. The normalized spacial score (nSPS) is 15.0. The van der Waals surface area contributed by atoms with Crippen LogP contribution in [0.15, 0.2) is 54.6 Å². The van der Waals surface area contributed by atoms with Crippen molar-refractivity contribution in [1.82, 2.24) is 4.90 Å². The summed E-state index contributed by atoms with van der Waals surface area (Å²) < 4.78 is 0. The summed E-state index contributed by atoms with van der Waals surface area (Å²) in [6.45, 7) is 3.39. The number of fused-ring (bicyclic) bond motifs is 2. The molecule has 2 aromatic rings. The van der Waals surface area contributed by atoms with Crippen LogP contribution in [0.3, 0.4) is 0 Å². The van der Waals surface area contributed by atoms with E-state index in [1.54, 1.807) is 0 Å². The van der Waals surface area contributed by atoms with Gasteiger partial charge in [-0.1, -0.05) is 61.5 Å². The lowest BCUT2D eigenvalue weighted by Gasteiger charge is -2.17. The van der Waals surface area contributed by atoms with Crippen molar-refractivity contribution in [2.24, 2.45) is 5.92 Å². The van der Waals surface area contributed by atoms with Gasteiger partial charge in [-0.25, -0.2) is 0 Å². The van der Waals surface area contributed by atoms with E-state index in [2.05, 4.69) is 80.5 Å². The SMILES string of the molecule is CC(C=C1c2ccccc2CCc2ccccc21)CN(C)C. The van der Waals surface area contributed by atoms with E-state index >= 15 is 0 Å². The van der Waals surface area contributed by atoms with Crippen molar-refractivity contribution in [3.63, 3.8) is 0 Å². The van der Waals surface area contributed by atoms with Gasteiger partial charge in [0.25, 0.3) is 0 Å². The van der Waals surface area contributed by atoms with Crippen LogP contribution >= 0.6 is 0 Å². The average molecular weight is 291 g/mol. The Morgan fingerprint density at radius 1 is 0.909 bits per heavy atom. The van der Waals surface area contributed by atoms with Crippen LogP contribution in [0.4, 0.5) is 0 Å². The molecular formula is C21H25N. The molecule has 114 valence electrons. The van der Waals surface area contributed by atoms with Gasteiger partial charge in [-0.3, -0.25) is 0 Å². The van der Waals surface area contributed by atoms with Gasteiger partial charge in [-0.2, -0.15) is 0 Å². The quantitative estimate of drug-likeness (QED) is 0.809. The second kappa shape index (κ2) is 6.50. The van der Waals surface area contributed by atoms with E-state index in [0.29, 0.717) is 5.92 Å². The molecule has 3 rings (SSSR count). The van der Waals surface area contributed by atoms with Crippen molar-refractivity contribution in [3.8, 4) is 0 Å². The predicted molar refractivity (Wildman–Crippen MR) is 95.1 cm³/mol. The summed E-state index contributed by atoms with van der Waals surface area (Å²) in [4.78, 5) is 2.26. The minimum absolute atomic E-state index is 0.532. The molecule has 2 aromatic carbocycles. The molecule has 0 spiro atoms. The third-order valence-electron chi connectivity index (χ3n) is 4.38. The Morgan fingerprint density at radius 3 is 1.91 bits per heavy atom. The second-order valence-corrected chi connectivity index (χ2v) is 6.63. The Balaban J connectivity index is 2.12. The second-order valence-electron chi connectivity index (χ2n) is 6.63. The van der Waals surface area contributed by atoms with Gasteiger partial charge in [-0.15, -0.1) is 0 Å². The van der Waals surface area contributed by atoms with E-state index in [-0.39, 0.29) is 0 Å². The van der Waals surface area contributed by atoms with Gasteiger partial charge in [0.2, 0.25) is 0 Å². The summed E-state index contributed by atoms with van der Waals surface area (Å²) in [6, 6.07) is 17.8. The fraction of sp³-hybridized carbons (Fsp3) is 0.333. The zero-order chi connectivity index (χ0) is 15.5. The highest BCUT2D eigenvalue weighted by atomic mass is 15.0. The Labute approximate surface area is 134 Å². The Bertz CT molecular complexity index is 632. The summed E-state index contributed by atoms with van der Waals surface area (Å²) in [5, 5.41) is 0. The van der Waals surface area contributed by atoms with E-state index in [4.69, 9.17) is 0 Å². The third-order valence-corrected chi connectivity index (χ3v) is 4.38. The number of aryl methyl sites for hydroxylation is 2.